The quantitative estimate of drug-likeness (QED) is 0.512. The fraction of sp³-hybridized carbons (Fsp3) is 0.0833. The van der Waals surface area contributed by atoms with E-state index < -0.39 is 6.17 Å². The molecule has 1 atom stereocenters. The maximum absolute atomic E-state index is 13.6. The first-order chi connectivity index (χ1) is 14.6. The first kappa shape index (κ1) is 18.1. The monoisotopic (exact) mass is 398 g/mol. The van der Waals surface area contributed by atoms with Crippen molar-refractivity contribution in [2.45, 2.75) is 13.1 Å². The molecule has 1 aromatic heterocycles. The number of rotatable bonds is 4. The summed E-state index contributed by atoms with van der Waals surface area (Å²) in [7, 11) is 0. The molecule has 0 saturated heterocycles. The third kappa shape index (κ3) is 2.93. The Morgan fingerprint density at radius 3 is 2.37 bits per heavy atom. The molecule has 5 rings (SSSR count). The molecule has 30 heavy (non-hydrogen) atoms. The topological polar surface area (TPSA) is 51.7 Å². The SMILES string of the molecule is CC(=O)C1=NN(c2ccccc2)[C@@H](c2c[nH]c3ccccc23)N1c1ccc(F)cc1. The maximum atomic E-state index is 13.6. The molecule has 3 aromatic carbocycles. The lowest BCUT2D eigenvalue weighted by atomic mass is 10.1. The Balaban J connectivity index is 1.74. The van der Waals surface area contributed by atoms with Crippen LogP contribution in [0.2, 0.25) is 0 Å². The van der Waals surface area contributed by atoms with Gasteiger partial charge in [0.15, 0.2) is 17.8 Å². The summed E-state index contributed by atoms with van der Waals surface area (Å²) in [5, 5.41) is 7.58. The van der Waals surface area contributed by atoms with Crippen molar-refractivity contribution in [3.05, 3.63) is 96.4 Å². The highest BCUT2D eigenvalue weighted by Gasteiger charge is 2.40. The lowest BCUT2D eigenvalue weighted by Gasteiger charge is -2.31. The molecule has 2 heterocycles. The number of aromatic nitrogens is 1. The van der Waals surface area contributed by atoms with E-state index in [4.69, 9.17) is 5.10 Å². The van der Waals surface area contributed by atoms with Crippen molar-refractivity contribution < 1.29 is 9.18 Å². The molecular formula is C24H19FN4O. The van der Waals surface area contributed by atoms with Crippen LogP contribution in [0.5, 0.6) is 0 Å². The van der Waals surface area contributed by atoms with Gasteiger partial charge < -0.3 is 4.98 Å². The molecule has 1 aliphatic rings. The second-order valence-electron chi connectivity index (χ2n) is 7.17. The number of amidine groups is 1. The van der Waals surface area contributed by atoms with E-state index in [0.29, 0.717) is 11.5 Å². The van der Waals surface area contributed by atoms with Crippen molar-refractivity contribution in [3.63, 3.8) is 0 Å². The van der Waals surface area contributed by atoms with Gasteiger partial charge in [-0.3, -0.25) is 9.69 Å². The number of para-hydroxylation sites is 2. The zero-order chi connectivity index (χ0) is 20.7. The predicted octanol–water partition coefficient (Wildman–Crippen LogP) is 5.23. The van der Waals surface area contributed by atoms with Crippen LogP contribution in [0, 0.1) is 5.82 Å². The van der Waals surface area contributed by atoms with E-state index in [0.717, 1.165) is 22.2 Å². The first-order valence-corrected chi connectivity index (χ1v) is 9.68. The minimum atomic E-state index is -0.409. The number of hydrogen-bond donors (Lipinski definition) is 1. The number of anilines is 2. The standard InChI is InChI=1S/C24H19FN4O/c1-16(30)23-27-29(19-7-3-2-4-8-19)24(28(23)18-13-11-17(25)12-14-18)21-15-26-22-10-6-5-9-20(21)22/h2-15,24,26H,1H3/t24-/m0/s1. The normalized spacial score (nSPS) is 16.2. The fourth-order valence-electron chi connectivity index (χ4n) is 3.89. The van der Waals surface area contributed by atoms with E-state index in [1.165, 1.54) is 19.1 Å². The van der Waals surface area contributed by atoms with Gasteiger partial charge >= 0.3 is 0 Å². The van der Waals surface area contributed by atoms with E-state index in [-0.39, 0.29) is 11.6 Å². The number of halogens is 1. The van der Waals surface area contributed by atoms with Crippen molar-refractivity contribution in [1.82, 2.24) is 4.98 Å². The minimum Gasteiger partial charge on any atom is -0.361 e. The van der Waals surface area contributed by atoms with Crippen LogP contribution in [0.4, 0.5) is 15.8 Å². The van der Waals surface area contributed by atoms with Crippen LogP contribution in [-0.4, -0.2) is 16.6 Å². The summed E-state index contributed by atoms with van der Waals surface area (Å²) in [6.45, 7) is 1.50. The molecule has 1 N–H and O–H groups in total. The summed E-state index contributed by atoms with van der Waals surface area (Å²) in [5.41, 5.74) is 3.52. The molecule has 0 unspecified atom stereocenters. The molecule has 0 bridgehead atoms. The van der Waals surface area contributed by atoms with Crippen molar-refractivity contribution >= 4 is 33.9 Å². The van der Waals surface area contributed by atoms with Gasteiger partial charge in [-0.05, 0) is 42.5 Å². The number of ketones is 1. The molecule has 6 heteroatoms. The zero-order valence-electron chi connectivity index (χ0n) is 16.3. The van der Waals surface area contributed by atoms with Gasteiger partial charge in [0, 0.05) is 35.3 Å². The lowest BCUT2D eigenvalue weighted by molar-refractivity contribution is -0.111. The number of benzene rings is 3. The number of H-pyrrole nitrogens is 1. The summed E-state index contributed by atoms with van der Waals surface area (Å²) >= 11 is 0. The number of hydrogen-bond acceptors (Lipinski definition) is 4. The Bertz CT molecular complexity index is 1250. The molecule has 0 saturated carbocycles. The number of nitrogens with zero attached hydrogens (tertiary/aromatic N) is 3. The van der Waals surface area contributed by atoms with Gasteiger partial charge in [0.1, 0.15) is 5.82 Å². The smallest absolute Gasteiger partial charge is 0.198 e. The third-order valence-electron chi connectivity index (χ3n) is 5.25. The summed E-state index contributed by atoms with van der Waals surface area (Å²) < 4.78 is 13.6. The summed E-state index contributed by atoms with van der Waals surface area (Å²) in [6, 6.07) is 23.9. The van der Waals surface area contributed by atoms with Gasteiger partial charge in [-0.15, -0.1) is 5.10 Å². The average Bonchev–Trinajstić information content (AvgIpc) is 3.36. The highest BCUT2D eigenvalue weighted by molar-refractivity contribution is 6.44. The van der Waals surface area contributed by atoms with Crippen LogP contribution in [0.25, 0.3) is 10.9 Å². The van der Waals surface area contributed by atoms with Crippen LogP contribution in [0.15, 0.2) is 90.2 Å². The van der Waals surface area contributed by atoms with Crippen LogP contribution in [-0.2, 0) is 4.79 Å². The molecule has 0 radical (unpaired) electrons. The van der Waals surface area contributed by atoms with Crippen LogP contribution in [0.1, 0.15) is 18.7 Å². The van der Waals surface area contributed by atoms with Crippen molar-refractivity contribution in [2.75, 3.05) is 9.91 Å². The second-order valence-corrected chi connectivity index (χ2v) is 7.17. The van der Waals surface area contributed by atoms with Gasteiger partial charge in [-0.1, -0.05) is 36.4 Å². The van der Waals surface area contributed by atoms with E-state index in [9.17, 15) is 9.18 Å². The number of carbonyl (C=O) groups is 1. The number of aromatic amines is 1. The van der Waals surface area contributed by atoms with Crippen molar-refractivity contribution in [2.24, 2.45) is 5.10 Å². The summed E-state index contributed by atoms with van der Waals surface area (Å²) in [4.78, 5) is 17.7. The average molecular weight is 398 g/mol. The van der Waals surface area contributed by atoms with Crippen molar-refractivity contribution in [1.29, 1.82) is 0 Å². The van der Waals surface area contributed by atoms with Crippen LogP contribution in [0.3, 0.4) is 0 Å². The Labute approximate surface area is 173 Å². The lowest BCUT2D eigenvalue weighted by Crippen LogP contribution is -2.37. The Hall–Kier alpha value is -3.93. The number of carbonyl (C=O) groups excluding carboxylic acids is 1. The number of hydrazone groups is 1. The first-order valence-electron chi connectivity index (χ1n) is 9.68. The maximum Gasteiger partial charge on any atom is 0.198 e. The van der Waals surface area contributed by atoms with E-state index in [1.807, 2.05) is 70.7 Å². The van der Waals surface area contributed by atoms with Gasteiger partial charge in [0.05, 0.1) is 5.69 Å². The van der Waals surface area contributed by atoms with Gasteiger partial charge in [-0.2, -0.15) is 0 Å². The highest BCUT2D eigenvalue weighted by Crippen LogP contribution is 2.41. The van der Waals surface area contributed by atoms with Crippen molar-refractivity contribution in [3.8, 4) is 0 Å². The highest BCUT2D eigenvalue weighted by atomic mass is 19.1. The van der Waals surface area contributed by atoms with E-state index in [1.54, 1.807) is 12.1 Å². The van der Waals surface area contributed by atoms with E-state index >= 15 is 0 Å². The molecule has 1 aliphatic heterocycles. The van der Waals surface area contributed by atoms with Gasteiger partial charge in [0.2, 0.25) is 0 Å². The second kappa shape index (κ2) is 7.15. The molecule has 4 aromatic rings. The van der Waals surface area contributed by atoms with Gasteiger partial charge in [0.25, 0.3) is 0 Å². The summed E-state index contributed by atoms with van der Waals surface area (Å²) in [5.74, 6) is -0.189. The predicted molar refractivity (Wildman–Crippen MR) is 117 cm³/mol. The minimum absolute atomic E-state index is 0.164. The molecular weight excluding hydrogens is 379 g/mol. The largest absolute Gasteiger partial charge is 0.361 e. The zero-order valence-corrected chi connectivity index (χ0v) is 16.3. The van der Waals surface area contributed by atoms with Gasteiger partial charge in [-0.25, -0.2) is 9.40 Å². The fourth-order valence-corrected chi connectivity index (χ4v) is 3.89. The molecule has 5 nitrogen and oxygen atoms in total. The van der Waals surface area contributed by atoms with Crippen LogP contribution < -0.4 is 9.91 Å². The molecule has 0 aliphatic carbocycles. The van der Waals surface area contributed by atoms with Crippen LogP contribution >= 0.6 is 0 Å². The Morgan fingerprint density at radius 1 is 0.933 bits per heavy atom. The number of nitrogens with one attached hydrogen (secondary N) is 1. The Kier molecular flexibility index (Phi) is 4.32. The number of fused-ring (bicyclic) bond motifs is 1. The molecule has 148 valence electrons. The molecule has 0 amide bonds. The summed E-state index contributed by atoms with van der Waals surface area (Å²) in [6.07, 6.45) is 1.54. The molecule has 0 spiro atoms. The third-order valence-corrected chi connectivity index (χ3v) is 5.25. The molecule has 0 fully saturated rings. The van der Waals surface area contributed by atoms with E-state index in [2.05, 4.69) is 4.98 Å². The Morgan fingerprint density at radius 2 is 1.63 bits per heavy atom. The number of Topliss-reactive ketones (excluding diaryl/α,β-unsaturated/α-hetero) is 1.